The molecule has 1 aromatic carbocycles. The Labute approximate surface area is 131 Å². The van der Waals surface area contributed by atoms with E-state index in [9.17, 15) is 19.2 Å². The van der Waals surface area contributed by atoms with E-state index >= 15 is 0 Å². The maximum absolute atomic E-state index is 12.7. The summed E-state index contributed by atoms with van der Waals surface area (Å²) in [4.78, 5) is 50.5. The maximum Gasteiger partial charge on any atom is 0.281 e. The number of amides is 4. The largest absolute Gasteiger partial charge is 0.281 e. The first-order valence-corrected chi connectivity index (χ1v) is 7.63. The molecule has 1 saturated heterocycles. The number of carbonyl (C=O) groups is 4. The van der Waals surface area contributed by atoms with Gasteiger partial charge in [-0.2, -0.15) is 10.0 Å². The van der Waals surface area contributed by atoms with Gasteiger partial charge >= 0.3 is 0 Å². The molecule has 2 aliphatic heterocycles. The predicted molar refractivity (Wildman–Crippen MR) is 76.5 cm³/mol. The second-order valence-corrected chi connectivity index (χ2v) is 6.46. The van der Waals surface area contributed by atoms with Gasteiger partial charge in [0.1, 0.15) is 0 Å². The van der Waals surface area contributed by atoms with E-state index < -0.39 is 35.5 Å². The van der Waals surface area contributed by atoms with Crippen molar-refractivity contribution in [3.63, 3.8) is 0 Å². The van der Waals surface area contributed by atoms with Gasteiger partial charge in [-0.15, -0.1) is 0 Å². The lowest BCUT2D eigenvalue weighted by molar-refractivity contribution is -0.152. The van der Waals surface area contributed by atoms with Gasteiger partial charge in [0.2, 0.25) is 0 Å². The molecule has 0 unspecified atom stereocenters. The van der Waals surface area contributed by atoms with Crippen molar-refractivity contribution in [2.45, 2.75) is 6.42 Å². The van der Waals surface area contributed by atoms with Crippen molar-refractivity contribution < 1.29 is 19.2 Å². The summed E-state index contributed by atoms with van der Waals surface area (Å²) in [5.41, 5.74) is 0.465. The molecule has 5 rings (SSSR count). The van der Waals surface area contributed by atoms with E-state index in [0.717, 1.165) is 16.4 Å². The number of hydrazine groups is 1. The quantitative estimate of drug-likeness (QED) is 0.573. The molecule has 2 bridgehead atoms. The van der Waals surface area contributed by atoms with Gasteiger partial charge in [-0.3, -0.25) is 19.2 Å². The number of hydrogen-bond acceptors (Lipinski definition) is 4. The van der Waals surface area contributed by atoms with Gasteiger partial charge < -0.3 is 0 Å². The summed E-state index contributed by atoms with van der Waals surface area (Å²) in [6.07, 6.45) is 4.76. The van der Waals surface area contributed by atoms with Gasteiger partial charge in [0.05, 0.1) is 23.0 Å². The van der Waals surface area contributed by atoms with Crippen molar-refractivity contribution in [2.75, 3.05) is 0 Å². The highest BCUT2D eigenvalue weighted by atomic mass is 16.2. The molecule has 4 amide bonds. The Balaban J connectivity index is 1.57. The smallest absolute Gasteiger partial charge is 0.272 e. The number of rotatable bonds is 1. The summed E-state index contributed by atoms with van der Waals surface area (Å²) in [6.45, 7) is 0. The zero-order valence-electron chi connectivity index (χ0n) is 12.0. The van der Waals surface area contributed by atoms with E-state index in [0.29, 0.717) is 0 Å². The summed E-state index contributed by atoms with van der Waals surface area (Å²) in [6, 6.07) is 6.37. The first-order chi connectivity index (χ1) is 11.1. The lowest BCUT2D eigenvalue weighted by Gasteiger charge is -2.25. The Morgan fingerprint density at radius 2 is 1.22 bits per heavy atom. The summed E-state index contributed by atoms with van der Waals surface area (Å²) < 4.78 is 0. The van der Waals surface area contributed by atoms with E-state index in [1.165, 1.54) is 12.1 Å². The molecule has 2 aliphatic carbocycles. The Bertz CT molecular complexity index is 778. The van der Waals surface area contributed by atoms with Crippen molar-refractivity contribution in [3.05, 3.63) is 47.5 Å². The maximum atomic E-state index is 12.7. The minimum absolute atomic E-state index is 0.0432. The Morgan fingerprint density at radius 3 is 1.70 bits per heavy atom. The molecular formula is C17H12N2O4. The first-order valence-electron chi connectivity index (χ1n) is 7.63. The molecule has 2 heterocycles. The number of carbonyl (C=O) groups excluding carboxylic acids is 4. The predicted octanol–water partition coefficient (Wildman–Crippen LogP) is 1.00. The topological polar surface area (TPSA) is 74.8 Å². The van der Waals surface area contributed by atoms with Crippen molar-refractivity contribution >= 4 is 23.6 Å². The highest BCUT2D eigenvalue weighted by Gasteiger charge is 2.62. The fourth-order valence-corrected chi connectivity index (χ4v) is 4.44. The van der Waals surface area contributed by atoms with E-state index in [1.807, 2.05) is 12.2 Å². The molecule has 0 spiro atoms. The van der Waals surface area contributed by atoms with Gasteiger partial charge in [-0.05, 0) is 30.4 Å². The van der Waals surface area contributed by atoms with Crippen LogP contribution >= 0.6 is 0 Å². The molecule has 4 atom stereocenters. The number of allylic oxidation sites excluding steroid dienone is 2. The number of nitrogens with zero attached hydrogens (tertiary/aromatic N) is 2. The third-order valence-electron chi connectivity index (χ3n) is 5.42. The summed E-state index contributed by atoms with van der Waals surface area (Å²) >= 11 is 0. The molecule has 0 aromatic heterocycles. The van der Waals surface area contributed by atoms with E-state index in [1.54, 1.807) is 12.1 Å². The average molecular weight is 308 g/mol. The van der Waals surface area contributed by atoms with Crippen LogP contribution in [0.15, 0.2) is 36.4 Å². The van der Waals surface area contributed by atoms with Gasteiger partial charge in [-0.1, -0.05) is 24.3 Å². The van der Waals surface area contributed by atoms with Crippen molar-refractivity contribution in [1.82, 2.24) is 10.0 Å². The molecule has 6 nitrogen and oxygen atoms in total. The van der Waals surface area contributed by atoms with Crippen molar-refractivity contribution in [3.8, 4) is 0 Å². The highest BCUT2D eigenvalue weighted by Crippen LogP contribution is 2.53. The SMILES string of the molecule is O=C1c2ccccc2C(=O)N1N1C(=O)[C@@H]2[C@H](C1=O)[C@H]1C=C[C@@H]2C1. The van der Waals surface area contributed by atoms with Gasteiger partial charge in [0, 0.05) is 0 Å². The monoisotopic (exact) mass is 308 g/mol. The van der Waals surface area contributed by atoms with Crippen LogP contribution in [0.4, 0.5) is 0 Å². The highest BCUT2D eigenvalue weighted by molar-refractivity contribution is 6.24. The van der Waals surface area contributed by atoms with Crippen LogP contribution in [0.1, 0.15) is 27.1 Å². The molecule has 1 saturated carbocycles. The van der Waals surface area contributed by atoms with Crippen LogP contribution in [0.3, 0.4) is 0 Å². The third-order valence-corrected chi connectivity index (χ3v) is 5.42. The van der Waals surface area contributed by atoms with E-state index in [4.69, 9.17) is 0 Å². The molecule has 4 aliphatic rings. The van der Waals surface area contributed by atoms with Crippen LogP contribution in [0.2, 0.25) is 0 Å². The van der Waals surface area contributed by atoms with Crippen molar-refractivity contribution in [1.29, 1.82) is 0 Å². The minimum Gasteiger partial charge on any atom is -0.272 e. The van der Waals surface area contributed by atoms with E-state index in [2.05, 4.69) is 0 Å². The molecule has 2 fully saturated rings. The van der Waals surface area contributed by atoms with Crippen LogP contribution in [-0.4, -0.2) is 33.6 Å². The molecule has 0 radical (unpaired) electrons. The van der Waals surface area contributed by atoms with Gasteiger partial charge in [-0.25, -0.2) is 0 Å². The summed E-state index contributed by atoms with van der Waals surface area (Å²) in [7, 11) is 0. The fraction of sp³-hybridized carbons (Fsp3) is 0.294. The molecule has 6 heteroatoms. The Morgan fingerprint density at radius 1 is 0.739 bits per heavy atom. The Kier molecular flexibility index (Phi) is 2.19. The number of hydrogen-bond donors (Lipinski definition) is 0. The average Bonchev–Trinajstić information content (AvgIpc) is 3.28. The van der Waals surface area contributed by atoms with Crippen LogP contribution in [0.5, 0.6) is 0 Å². The first kappa shape index (κ1) is 12.8. The van der Waals surface area contributed by atoms with Crippen LogP contribution < -0.4 is 0 Å². The summed E-state index contributed by atoms with van der Waals surface area (Å²) in [5.74, 6) is -2.83. The fourth-order valence-electron chi connectivity index (χ4n) is 4.44. The third kappa shape index (κ3) is 1.34. The molecular weight excluding hydrogens is 296 g/mol. The summed E-state index contributed by atoms with van der Waals surface area (Å²) in [5, 5.41) is 1.53. The molecule has 114 valence electrons. The molecule has 1 aromatic rings. The second-order valence-electron chi connectivity index (χ2n) is 6.46. The molecule has 0 N–H and O–H groups in total. The van der Waals surface area contributed by atoms with Crippen LogP contribution in [-0.2, 0) is 9.59 Å². The number of fused-ring (bicyclic) bond motifs is 6. The normalized spacial score (nSPS) is 33.9. The minimum atomic E-state index is -0.604. The number of imide groups is 2. The van der Waals surface area contributed by atoms with Gasteiger partial charge in [0.15, 0.2) is 0 Å². The van der Waals surface area contributed by atoms with Crippen LogP contribution in [0.25, 0.3) is 0 Å². The Hall–Kier alpha value is -2.76. The zero-order chi connectivity index (χ0) is 15.9. The van der Waals surface area contributed by atoms with Gasteiger partial charge in [0.25, 0.3) is 23.6 Å². The lowest BCUT2D eigenvalue weighted by atomic mass is 9.85. The zero-order valence-corrected chi connectivity index (χ0v) is 12.0. The lowest BCUT2D eigenvalue weighted by Crippen LogP contribution is -2.50. The van der Waals surface area contributed by atoms with Crippen LogP contribution in [0, 0.1) is 23.7 Å². The number of benzene rings is 1. The van der Waals surface area contributed by atoms with Crippen molar-refractivity contribution in [2.24, 2.45) is 23.7 Å². The standard InChI is InChI=1S/C17H12N2O4/c20-14-10-3-1-2-4-11(10)15(21)18(14)19-16(22)12-8-5-6-9(7-8)13(12)17(19)23/h1-6,8-9,12-13H,7H2/t8-,9+,12+,13-. The molecule has 23 heavy (non-hydrogen) atoms. The van der Waals surface area contributed by atoms with E-state index in [-0.39, 0.29) is 23.0 Å². The second kappa shape index (κ2) is 3.95.